The Labute approximate surface area is 57.2 Å². The zero-order valence-corrected chi connectivity index (χ0v) is 3.00. The second kappa shape index (κ2) is 257. The number of rotatable bonds is 0. The van der Waals surface area contributed by atoms with E-state index in [1.165, 1.54) is 0 Å². The summed E-state index contributed by atoms with van der Waals surface area (Å²) in [6, 6.07) is 0. The Morgan fingerprint density at radius 1 is 0.333 bits per heavy atom. The van der Waals surface area contributed by atoms with E-state index in [9.17, 15) is 0 Å². The molecule has 0 atom stereocenters. The molecular weight excluding hydrogens is 112 g/mol. The molecule has 0 heterocycles. The van der Waals surface area contributed by atoms with Crippen LogP contribution in [0, 0.1) is 0 Å². The van der Waals surface area contributed by atoms with Crippen molar-refractivity contribution in [2.24, 2.45) is 0 Å². The second-order valence-electron chi connectivity index (χ2n) is 0. The van der Waals surface area contributed by atoms with Crippen LogP contribution in [0.15, 0.2) is 0 Å². The van der Waals surface area contributed by atoms with Gasteiger partial charge < -0.3 is 0 Å². The molecule has 0 radical (unpaired) electrons. The van der Waals surface area contributed by atoms with E-state index in [4.69, 9.17) is 0 Å². The van der Waals surface area contributed by atoms with Crippen molar-refractivity contribution < 1.29 is 0 Å². The van der Waals surface area contributed by atoms with Crippen molar-refractivity contribution in [1.82, 2.24) is 0 Å². The third-order valence-electron chi connectivity index (χ3n) is 0. The number of hydrogen-bond acceptors (Lipinski definition) is 0. The van der Waals surface area contributed by atoms with E-state index in [1.54, 1.807) is 0 Å². The van der Waals surface area contributed by atoms with Crippen LogP contribution in [0.4, 0.5) is 0 Å². The zero-order chi connectivity index (χ0) is 0. The van der Waals surface area contributed by atoms with E-state index in [1.807, 2.05) is 0 Å². The molecule has 48 valence electrons. The highest BCUT2D eigenvalue weighted by molar-refractivity contribution is 7.59. The molecule has 0 unspecified atom stereocenters. The third-order valence-corrected chi connectivity index (χ3v) is 0. The van der Waals surface area contributed by atoms with Gasteiger partial charge in [-0.25, -0.2) is 0 Å². The maximum absolute atomic E-state index is 0. The highest BCUT2D eigenvalue weighted by Crippen LogP contribution is 0.649. The summed E-state index contributed by atoms with van der Waals surface area (Å²) in [5, 5.41) is 0. The molecule has 0 aliphatic rings. The first-order chi connectivity index (χ1) is 0. The highest BCUT2D eigenvalue weighted by atomic mass is 32.1. The molecule has 0 aliphatic carbocycles. The molecule has 0 aromatic rings. The molecule has 0 fully saturated rings. The maximum atomic E-state index is 0. The fourth-order valence-electron chi connectivity index (χ4n) is 0. The summed E-state index contributed by atoms with van der Waals surface area (Å²) in [6.07, 6.45) is 0. The average molecular weight is 132 g/mol. The van der Waals surface area contributed by atoms with Gasteiger partial charge in [-0.1, -0.05) is 29.7 Å². The van der Waals surface area contributed by atoms with Crippen LogP contribution in [0.5, 0.6) is 0 Å². The predicted molar refractivity (Wildman–Crippen MR) is 47.7 cm³/mol. The van der Waals surface area contributed by atoms with Gasteiger partial charge in [-0.3, -0.25) is 0 Å². The summed E-state index contributed by atoms with van der Waals surface area (Å²) in [7, 11) is 0. The molecule has 0 saturated heterocycles. The minimum atomic E-state index is 0. The highest BCUT2D eigenvalue weighted by Gasteiger charge is -0.0745. The largest absolute Gasteiger partial charge is 0.197 e. The molecule has 0 aliphatic heterocycles. The topological polar surface area (TPSA) is 0 Å². The van der Waals surface area contributed by atoms with E-state index < -0.39 is 0 Å². The molecule has 0 rings (SSSR count). The van der Waals surface area contributed by atoms with Crippen molar-refractivity contribution in [2.75, 3.05) is 0 Å². The minimum absolute atomic E-state index is 0. The summed E-state index contributed by atoms with van der Waals surface area (Å²) < 4.78 is 0. The van der Waals surface area contributed by atoms with Crippen molar-refractivity contribution in [3.05, 3.63) is 0 Å². The van der Waals surface area contributed by atoms with Crippen LogP contribution in [0.3, 0.4) is 0 Å². The van der Waals surface area contributed by atoms with Crippen LogP contribution in [-0.4, -0.2) is 0 Å². The summed E-state index contributed by atoms with van der Waals surface area (Å²) in [6.45, 7) is 0. The first-order valence-electron chi connectivity index (χ1n) is 0. The Bertz CT molecular complexity index is 5.51. The van der Waals surface area contributed by atoms with E-state index in [2.05, 4.69) is 0 Å². The quantitative estimate of drug-likeness (QED) is 0.475. The van der Waals surface area contributed by atoms with Gasteiger partial charge in [0.15, 0.2) is 0 Å². The lowest BCUT2D eigenvalue weighted by Crippen LogP contribution is 0.143. The Kier molecular flexibility index (Phi) is 19000. The van der Waals surface area contributed by atoms with Crippen molar-refractivity contribution in [3.8, 4) is 0 Å². The Morgan fingerprint density at radius 3 is 0.333 bits per heavy atom. The molecule has 2 heteroatoms. The van der Waals surface area contributed by atoms with Gasteiger partial charge in [0.25, 0.3) is 0 Å². The molecule has 0 spiro atoms. The normalized spacial score (nSPS) is 0. The smallest absolute Gasteiger partial charge is 0.0776 e. The second-order valence-corrected chi connectivity index (χ2v) is 0. The van der Waals surface area contributed by atoms with Crippen molar-refractivity contribution >= 4 is 27.0 Å². The molecule has 0 bridgehead atoms. The van der Waals surface area contributed by atoms with E-state index in [-0.39, 0.29) is 56.7 Å². The molecule has 0 nitrogen and oxygen atoms in total. The Balaban J connectivity index is 0. The van der Waals surface area contributed by atoms with Gasteiger partial charge in [-0.05, 0) is 0 Å². The van der Waals surface area contributed by atoms with E-state index in [0.717, 1.165) is 0 Å². The lowest BCUT2D eigenvalue weighted by atomic mass is 12.0. The first-order valence-corrected chi connectivity index (χ1v) is 0. The van der Waals surface area contributed by atoms with Crippen LogP contribution in [0.25, 0.3) is 0 Å². The molecule has 0 N–H and O–H groups in total. The van der Waals surface area contributed by atoms with Gasteiger partial charge in [-0.15, -0.1) is 0 Å². The standard InChI is InChI=1S/4CH4.2H2S/h4*1H4;2*1H2. The van der Waals surface area contributed by atoms with Gasteiger partial charge >= 0.3 is 0 Å². The van der Waals surface area contributed by atoms with Crippen molar-refractivity contribution in [3.63, 3.8) is 0 Å². The zero-order valence-electron chi connectivity index (χ0n) is 1.00. The molecule has 0 saturated carbocycles. The molecule has 0 aromatic carbocycles. The molecular formula is C4H20S2. The summed E-state index contributed by atoms with van der Waals surface area (Å²) in [5.41, 5.74) is 0. The van der Waals surface area contributed by atoms with Gasteiger partial charge in [-0.2, -0.15) is 27.0 Å². The van der Waals surface area contributed by atoms with Gasteiger partial charge in [0.2, 0.25) is 0 Å². The van der Waals surface area contributed by atoms with Crippen LogP contribution in [0.2, 0.25) is 0 Å². The SMILES string of the molecule is C.C.C.C.S.S. The van der Waals surface area contributed by atoms with Gasteiger partial charge in [0.05, 0.1) is 0 Å². The van der Waals surface area contributed by atoms with Crippen LogP contribution in [-0.2, 0) is 0 Å². The summed E-state index contributed by atoms with van der Waals surface area (Å²) in [5.74, 6) is 0. The average Bonchev–Trinajstić information content (AvgIpc) is 0. The van der Waals surface area contributed by atoms with Crippen molar-refractivity contribution in [2.45, 2.75) is 29.7 Å². The number of hydrogen-bond donors (Lipinski definition) is 0. The lowest BCUT2D eigenvalue weighted by molar-refractivity contribution is 2.50. The van der Waals surface area contributed by atoms with Gasteiger partial charge in [0, 0.05) is 0 Å². The minimum Gasteiger partial charge on any atom is -0.197 e. The molecule has 0 amide bonds. The predicted octanol–water partition coefficient (Wildman–Crippen LogP) is 2.77. The van der Waals surface area contributed by atoms with Crippen molar-refractivity contribution in [1.29, 1.82) is 0 Å². The Morgan fingerprint density at radius 2 is 0.333 bits per heavy atom. The van der Waals surface area contributed by atoms with Crippen LogP contribution < -0.4 is 0 Å². The van der Waals surface area contributed by atoms with E-state index in [0.29, 0.717) is 0 Å². The van der Waals surface area contributed by atoms with Crippen LogP contribution >= 0.6 is 27.0 Å². The van der Waals surface area contributed by atoms with Crippen LogP contribution in [0.1, 0.15) is 29.7 Å². The fraction of sp³-hybridized carbons (Fsp3) is 1.00. The summed E-state index contributed by atoms with van der Waals surface area (Å²) in [4.78, 5) is 0. The third kappa shape index (κ3) is 131. The summed E-state index contributed by atoms with van der Waals surface area (Å²) >= 11 is 0. The fourth-order valence-corrected chi connectivity index (χ4v) is 0. The lowest BCUT2D eigenvalue weighted by Gasteiger charge is -0.198. The van der Waals surface area contributed by atoms with E-state index >= 15 is 0 Å². The molecule has 6 heavy (non-hydrogen) atoms. The maximum Gasteiger partial charge on any atom is -0.0776 e. The monoisotopic (exact) mass is 132 g/mol. The Hall–Kier alpha value is 0.700. The van der Waals surface area contributed by atoms with Gasteiger partial charge in [0.1, 0.15) is 0 Å². The molecule has 0 aromatic heterocycles. The first kappa shape index (κ1) is 444.